The van der Waals surface area contributed by atoms with Gasteiger partial charge in [-0.25, -0.2) is 8.78 Å². The van der Waals surface area contributed by atoms with Gasteiger partial charge in [-0.15, -0.1) is 0 Å². The van der Waals surface area contributed by atoms with E-state index in [4.69, 9.17) is 5.73 Å². The summed E-state index contributed by atoms with van der Waals surface area (Å²) in [7, 11) is 0. The van der Waals surface area contributed by atoms with Crippen molar-refractivity contribution in [2.24, 2.45) is 5.73 Å². The highest BCUT2D eigenvalue weighted by Gasteiger charge is 2.28. The summed E-state index contributed by atoms with van der Waals surface area (Å²) in [6.07, 6.45) is 3.82. The number of hydrogen-bond donors (Lipinski definition) is 1. The lowest BCUT2D eigenvalue weighted by atomic mass is 10.1. The zero-order valence-electron chi connectivity index (χ0n) is 10.9. The number of anilines is 1. The molecule has 1 saturated carbocycles. The molecule has 1 aliphatic rings. The normalized spacial score (nSPS) is 15.3. The van der Waals surface area contributed by atoms with Crippen molar-refractivity contribution in [1.82, 2.24) is 0 Å². The third-order valence-electron chi connectivity index (χ3n) is 3.55. The van der Waals surface area contributed by atoms with Crippen LogP contribution >= 0.6 is 0 Å². The average Bonchev–Trinajstić information content (AvgIpc) is 2.89. The second kappa shape index (κ2) is 5.98. The summed E-state index contributed by atoms with van der Waals surface area (Å²) in [5, 5.41) is 0. The number of primary amides is 1. The minimum atomic E-state index is -0.847. The fourth-order valence-corrected chi connectivity index (χ4v) is 2.70. The lowest BCUT2D eigenvalue weighted by Crippen LogP contribution is -2.41. The molecule has 0 heterocycles. The van der Waals surface area contributed by atoms with Crippen molar-refractivity contribution >= 4 is 17.9 Å². The Morgan fingerprint density at radius 2 is 1.85 bits per heavy atom. The highest BCUT2D eigenvalue weighted by molar-refractivity contribution is 5.81. The van der Waals surface area contributed by atoms with E-state index in [9.17, 15) is 18.4 Å². The lowest BCUT2D eigenvalue weighted by Gasteiger charge is -2.30. The number of amides is 1. The molecule has 0 aromatic heterocycles. The maximum absolute atomic E-state index is 14.1. The highest BCUT2D eigenvalue weighted by Crippen LogP contribution is 2.32. The molecule has 1 aliphatic carbocycles. The number of halogens is 2. The van der Waals surface area contributed by atoms with Crippen molar-refractivity contribution in [2.75, 3.05) is 11.4 Å². The maximum Gasteiger partial charge on any atom is 0.236 e. The molecule has 1 aromatic rings. The van der Waals surface area contributed by atoms with Gasteiger partial charge in [0.25, 0.3) is 0 Å². The van der Waals surface area contributed by atoms with Crippen LogP contribution in [-0.2, 0) is 4.79 Å². The summed E-state index contributed by atoms with van der Waals surface area (Å²) in [4.78, 5) is 23.2. The molecule has 20 heavy (non-hydrogen) atoms. The third kappa shape index (κ3) is 2.95. The van der Waals surface area contributed by atoms with E-state index in [1.54, 1.807) is 0 Å². The maximum atomic E-state index is 14.1. The van der Waals surface area contributed by atoms with Crippen LogP contribution in [0.25, 0.3) is 0 Å². The molecule has 1 amide bonds. The predicted octanol–water partition coefficient (Wildman–Crippen LogP) is 2.01. The highest BCUT2D eigenvalue weighted by atomic mass is 19.1. The number of rotatable bonds is 5. The number of aldehydes is 1. The van der Waals surface area contributed by atoms with Crippen molar-refractivity contribution in [2.45, 2.75) is 31.7 Å². The zero-order chi connectivity index (χ0) is 14.7. The van der Waals surface area contributed by atoms with Crippen molar-refractivity contribution in [3.63, 3.8) is 0 Å². The quantitative estimate of drug-likeness (QED) is 0.840. The van der Waals surface area contributed by atoms with Crippen LogP contribution in [0.15, 0.2) is 12.1 Å². The molecule has 108 valence electrons. The number of nitrogens with zero attached hydrogens (tertiary/aromatic N) is 1. The van der Waals surface area contributed by atoms with E-state index < -0.39 is 17.5 Å². The van der Waals surface area contributed by atoms with Crippen molar-refractivity contribution in [3.8, 4) is 0 Å². The van der Waals surface area contributed by atoms with Crippen LogP contribution < -0.4 is 10.6 Å². The Balaban J connectivity index is 2.42. The Morgan fingerprint density at radius 3 is 2.30 bits per heavy atom. The molecule has 0 spiro atoms. The second-order valence-electron chi connectivity index (χ2n) is 4.98. The minimum absolute atomic E-state index is 0.0748. The van der Waals surface area contributed by atoms with Gasteiger partial charge in [-0.05, 0) is 25.0 Å². The number of hydrogen-bond acceptors (Lipinski definition) is 3. The molecule has 0 aliphatic heterocycles. The van der Waals surface area contributed by atoms with Gasteiger partial charge in [0.05, 0.1) is 6.54 Å². The molecule has 1 aromatic carbocycles. The Hall–Kier alpha value is -1.98. The van der Waals surface area contributed by atoms with Gasteiger partial charge in [0.15, 0.2) is 0 Å². The first-order valence-electron chi connectivity index (χ1n) is 6.52. The van der Waals surface area contributed by atoms with E-state index in [2.05, 4.69) is 0 Å². The largest absolute Gasteiger partial charge is 0.368 e. The summed E-state index contributed by atoms with van der Waals surface area (Å²) < 4.78 is 28.1. The Labute approximate surface area is 115 Å². The average molecular weight is 282 g/mol. The fraction of sp³-hybridized carbons (Fsp3) is 0.429. The number of nitrogens with two attached hydrogens (primary N) is 1. The zero-order valence-corrected chi connectivity index (χ0v) is 10.9. The van der Waals surface area contributed by atoms with Crippen molar-refractivity contribution in [3.05, 3.63) is 29.3 Å². The van der Waals surface area contributed by atoms with Gasteiger partial charge in [0.1, 0.15) is 23.6 Å². The summed E-state index contributed by atoms with van der Waals surface area (Å²) >= 11 is 0. The molecule has 6 heteroatoms. The van der Waals surface area contributed by atoms with Crippen LogP contribution in [0.3, 0.4) is 0 Å². The molecule has 0 unspecified atom stereocenters. The Kier molecular flexibility index (Phi) is 4.32. The van der Waals surface area contributed by atoms with Crippen LogP contribution in [0, 0.1) is 11.6 Å². The molecule has 0 radical (unpaired) electrons. The monoisotopic (exact) mass is 282 g/mol. The summed E-state index contributed by atoms with van der Waals surface area (Å²) in [5.41, 5.74) is 4.82. The number of carbonyl (C=O) groups excluding carboxylic acids is 2. The predicted molar refractivity (Wildman–Crippen MR) is 70.5 cm³/mol. The summed E-state index contributed by atoms with van der Waals surface area (Å²) in [5.74, 6) is -2.34. The number of benzene rings is 1. The smallest absolute Gasteiger partial charge is 0.236 e. The molecule has 0 saturated heterocycles. The molecule has 1 fully saturated rings. The molecule has 0 atom stereocenters. The van der Waals surface area contributed by atoms with Crippen LogP contribution in [0.1, 0.15) is 36.0 Å². The lowest BCUT2D eigenvalue weighted by molar-refractivity contribution is -0.116. The second-order valence-corrected chi connectivity index (χ2v) is 4.98. The van der Waals surface area contributed by atoms with Gasteiger partial charge in [-0.3, -0.25) is 9.59 Å². The van der Waals surface area contributed by atoms with E-state index >= 15 is 0 Å². The molecule has 4 nitrogen and oxygen atoms in total. The molecular formula is C14H16F2N2O2. The van der Waals surface area contributed by atoms with E-state index in [1.165, 1.54) is 4.90 Å². The first kappa shape index (κ1) is 14.4. The van der Waals surface area contributed by atoms with Gasteiger partial charge in [-0.1, -0.05) is 12.8 Å². The summed E-state index contributed by atoms with van der Waals surface area (Å²) in [6.45, 7) is -0.237. The first-order chi connectivity index (χ1) is 9.52. The number of carbonyl (C=O) groups is 2. The van der Waals surface area contributed by atoms with Gasteiger partial charge in [0, 0.05) is 11.6 Å². The minimum Gasteiger partial charge on any atom is -0.368 e. The van der Waals surface area contributed by atoms with Crippen LogP contribution in [0.2, 0.25) is 0 Å². The van der Waals surface area contributed by atoms with E-state index in [-0.39, 0.29) is 23.8 Å². The van der Waals surface area contributed by atoms with Gasteiger partial charge >= 0.3 is 0 Å². The van der Waals surface area contributed by atoms with Crippen molar-refractivity contribution in [1.29, 1.82) is 0 Å². The molecular weight excluding hydrogens is 266 g/mol. The Morgan fingerprint density at radius 1 is 1.30 bits per heavy atom. The van der Waals surface area contributed by atoms with E-state index in [0.717, 1.165) is 37.8 Å². The third-order valence-corrected chi connectivity index (χ3v) is 3.55. The fourth-order valence-electron chi connectivity index (χ4n) is 2.70. The molecule has 2 rings (SSSR count). The van der Waals surface area contributed by atoms with Gasteiger partial charge in [-0.2, -0.15) is 0 Å². The SMILES string of the molecule is NC(=O)CN(c1c(F)cc(C=O)cc1F)C1CCCC1. The first-order valence-corrected chi connectivity index (χ1v) is 6.52. The van der Waals surface area contributed by atoms with E-state index in [1.807, 2.05) is 0 Å². The van der Waals surface area contributed by atoms with Gasteiger partial charge < -0.3 is 10.6 Å². The molecule has 0 bridgehead atoms. The standard InChI is InChI=1S/C14H16F2N2O2/c15-11-5-9(8-19)6-12(16)14(11)18(7-13(17)20)10-3-1-2-4-10/h5-6,8,10H,1-4,7H2,(H2,17,20). The van der Waals surface area contributed by atoms with Gasteiger partial charge in [0.2, 0.25) is 5.91 Å². The summed E-state index contributed by atoms with van der Waals surface area (Å²) in [6, 6.07) is 1.83. The van der Waals surface area contributed by atoms with Crippen LogP contribution in [-0.4, -0.2) is 24.8 Å². The van der Waals surface area contributed by atoms with Crippen LogP contribution in [0.4, 0.5) is 14.5 Å². The molecule has 2 N–H and O–H groups in total. The van der Waals surface area contributed by atoms with E-state index in [0.29, 0.717) is 6.29 Å². The van der Waals surface area contributed by atoms with Crippen LogP contribution in [0.5, 0.6) is 0 Å². The topological polar surface area (TPSA) is 63.4 Å². The Bertz CT molecular complexity index is 505. The van der Waals surface area contributed by atoms with Crippen molar-refractivity contribution < 1.29 is 18.4 Å².